The number of nitrogens with zero attached hydrogens (tertiary/aromatic N) is 3. The number of fused-ring (bicyclic) bond motifs is 3. The second kappa shape index (κ2) is 8.83. The van der Waals surface area contributed by atoms with E-state index in [4.69, 9.17) is 15.5 Å². The fourth-order valence-electron chi connectivity index (χ4n) is 4.61. The van der Waals surface area contributed by atoms with Gasteiger partial charge in [-0.2, -0.15) is 0 Å². The van der Waals surface area contributed by atoms with Crippen molar-refractivity contribution in [3.05, 3.63) is 30.1 Å². The van der Waals surface area contributed by atoms with Crippen LogP contribution in [0.2, 0.25) is 0 Å². The number of nitrogens with one attached hydrogen (secondary N) is 1. The lowest BCUT2D eigenvalue weighted by molar-refractivity contribution is -0.127. The van der Waals surface area contributed by atoms with E-state index in [0.29, 0.717) is 31.1 Å². The molecule has 0 aliphatic heterocycles. The molecule has 1 fully saturated rings. The van der Waals surface area contributed by atoms with E-state index in [2.05, 4.69) is 28.7 Å². The Hall–Kier alpha value is -2.67. The van der Waals surface area contributed by atoms with Gasteiger partial charge in [0.15, 0.2) is 5.82 Å². The molecule has 0 unspecified atom stereocenters. The number of carbonyl (C=O) groups is 1. The van der Waals surface area contributed by atoms with Crippen LogP contribution in [0.3, 0.4) is 0 Å². The van der Waals surface area contributed by atoms with E-state index in [1.165, 1.54) is 6.42 Å². The summed E-state index contributed by atoms with van der Waals surface area (Å²) in [4.78, 5) is 22.3. The zero-order valence-electron chi connectivity index (χ0n) is 18.8. The number of anilines is 1. The van der Waals surface area contributed by atoms with Gasteiger partial charge in [0.05, 0.1) is 16.6 Å². The van der Waals surface area contributed by atoms with Gasteiger partial charge in [-0.1, -0.05) is 37.5 Å². The quantitative estimate of drug-likeness (QED) is 0.594. The molecule has 0 spiro atoms. The Balaban J connectivity index is 1.72. The third kappa shape index (κ3) is 4.51. The lowest BCUT2D eigenvalue weighted by atomic mass is 9.88. The Morgan fingerprint density at radius 2 is 1.97 bits per heavy atom. The summed E-state index contributed by atoms with van der Waals surface area (Å²) >= 11 is 0. The van der Waals surface area contributed by atoms with Gasteiger partial charge in [-0.05, 0) is 39.7 Å². The molecule has 3 aromatic rings. The number of benzene rings is 1. The van der Waals surface area contributed by atoms with E-state index >= 15 is 0 Å². The SMILES string of the molecule is CCOCc1nc2c(N)nc3ccccc3c2n1CC(C)(C)NC(=O)C1CCCCC1. The zero-order chi connectivity index (χ0) is 22.0. The molecule has 1 aliphatic rings. The molecule has 0 saturated heterocycles. The third-order valence-electron chi connectivity index (χ3n) is 6.12. The fraction of sp³-hybridized carbons (Fsp3) is 0.542. The van der Waals surface area contributed by atoms with Gasteiger partial charge in [0.2, 0.25) is 5.91 Å². The Kier molecular flexibility index (Phi) is 6.14. The third-order valence-corrected chi connectivity index (χ3v) is 6.12. The summed E-state index contributed by atoms with van der Waals surface area (Å²) in [6.07, 6.45) is 5.48. The van der Waals surface area contributed by atoms with E-state index < -0.39 is 5.54 Å². The summed E-state index contributed by atoms with van der Waals surface area (Å²) in [5.74, 6) is 1.48. The lowest BCUT2D eigenvalue weighted by Crippen LogP contribution is -2.49. The predicted octanol–water partition coefficient (Wildman–Crippen LogP) is 4.18. The maximum atomic E-state index is 12.9. The van der Waals surface area contributed by atoms with Crippen LogP contribution < -0.4 is 11.1 Å². The average molecular weight is 424 g/mol. The van der Waals surface area contributed by atoms with Gasteiger partial charge in [0, 0.05) is 24.5 Å². The van der Waals surface area contributed by atoms with Crippen molar-refractivity contribution in [2.75, 3.05) is 12.3 Å². The van der Waals surface area contributed by atoms with Crippen molar-refractivity contribution in [1.29, 1.82) is 0 Å². The number of rotatable bonds is 7. The van der Waals surface area contributed by atoms with Crippen LogP contribution in [0.4, 0.5) is 5.82 Å². The van der Waals surface area contributed by atoms with E-state index in [1.54, 1.807) is 0 Å². The number of aromatic nitrogens is 3. The number of imidazole rings is 1. The van der Waals surface area contributed by atoms with Gasteiger partial charge in [-0.25, -0.2) is 9.97 Å². The molecule has 4 rings (SSSR count). The molecule has 1 amide bonds. The van der Waals surface area contributed by atoms with Gasteiger partial charge in [-0.3, -0.25) is 4.79 Å². The number of para-hydroxylation sites is 1. The molecule has 2 heterocycles. The first-order valence-electron chi connectivity index (χ1n) is 11.3. The fourth-order valence-corrected chi connectivity index (χ4v) is 4.61. The summed E-state index contributed by atoms with van der Waals surface area (Å²) in [6, 6.07) is 7.95. The number of nitrogens with two attached hydrogens (primary N) is 1. The summed E-state index contributed by atoms with van der Waals surface area (Å²) in [6.45, 7) is 7.64. The van der Waals surface area contributed by atoms with Crippen LogP contribution in [0.5, 0.6) is 0 Å². The predicted molar refractivity (Wildman–Crippen MR) is 124 cm³/mol. The molecular weight excluding hydrogens is 390 g/mol. The minimum absolute atomic E-state index is 0.121. The minimum atomic E-state index is -0.456. The molecule has 7 heteroatoms. The first-order valence-corrected chi connectivity index (χ1v) is 11.3. The molecule has 31 heavy (non-hydrogen) atoms. The number of pyridine rings is 1. The maximum absolute atomic E-state index is 12.9. The van der Waals surface area contributed by atoms with Crippen molar-refractivity contribution in [1.82, 2.24) is 19.9 Å². The molecule has 1 aromatic carbocycles. The van der Waals surface area contributed by atoms with Gasteiger partial charge in [0.25, 0.3) is 0 Å². The van der Waals surface area contributed by atoms with E-state index in [1.807, 2.05) is 31.2 Å². The molecular formula is C24H33N5O2. The lowest BCUT2D eigenvalue weighted by Gasteiger charge is -2.31. The van der Waals surface area contributed by atoms with Gasteiger partial charge < -0.3 is 20.4 Å². The van der Waals surface area contributed by atoms with Crippen LogP contribution >= 0.6 is 0 Å². The standard InChI is InChI=1S/C24H33N5O2/c1-4-31-14-19-27-20-21(17-12-8-9-13-18(17)26-22(20)25)29(19)15-24(2,3)28-23(30)16-10-6-5-7-11-16/h8-9,12-13,16H,4-7,10-11,14-15H2,1-3H3,(H2,25,26)(H,28,30). The van der Waals surface area contributed by atoms with Crippen LogP contribution in [0, 0.1) is 5.92 Å². The first-order chi connectivity index (χ1) is 14.9. The van der Waals surface area contributed by atoms with Crippen molar-refractivity contribution >= 4 is 33.7 Å². The Morgan fingerprint density at radius 1 is 1.23 bits per heavy atom. The second-order valence-corrected chi connectivity index (χ2v) is 9.17. The van der Waals surface area contributed by atoms with Crippen LogP contribution in [0.15, 0.2) is 24.3 Å². The molecule has 166 valence electrons. The molecule has 0 atom stereocenters. The summed E-state index contributed by atoms with van der Waals surface area (Å²) < 4.78 is 7.85. The highest BCUT2D eigenvalue weighted by atomic mass is 16.5. The minimum Gasteiger partial charge on any atom is -0.382 e. The smallest absolute Gasteiger partial charge is 0.223 e. The highest BCUT2D eigenvalue weighted by molar-refractivity contribution is 6.06. The maximum Gasteiger partial charge on any atom is 0.223 e. The van der Waals surface area contributed by atoms with Crippen molar-refractivity contribution in [3.63, 3.8) is 0 Å². The van der Waals surface area contributed by atoms with E-state index in [9.17, 15) is 4.79 Å². The molecule has 1 saturated carbocycles. The van der Waals surface area contributed by atoms with Crippen molar-refractivity contribution in [2.24, 2.45) is 5.92 Å². The van der Waals surface area contributed by atoms with Crippen LogP contribution in [0.25, 0.3) is 21.9 Å². The molecule has 7 nitrogen and oxygen atoms in total. The first kappa shape index (κ1) is 21.6. The molecule has 3 N–H and O–H groups in total. The van der Waals surface area contributed by atoms with Gasteiger partial charge in [-0.15, -0.1) is 0 Å². The Bertz CT molecular complexity index is 1080. The largest absolute Gasteiger partial charge is 0.382 e. The molecule has 0 bridgehead atoms. The number of hydrogen-bond donors (Lipinski definition) is 2. The summed E-state index contributed by atoms with van der Waals surface area (Å²) in [5.41, 5.74) is 8.28. The number of amides is 1. The number of carbonyl (C=O) groups excluding carboxylic acids is 1. The van der Waals surface area contributed by atoms with Gasteiger partial charge >= 0.3 is 0 Å². The molecule has 0 radical (unpaired) electrons. The number of hydrogen-bond acceptors (Lipinski definition) is 5. The topological polar surface area (TPSA) is 95.1 Å². The van der Waals surface area contributed by atoms with Crippen LogP contribution in [-0.4, -0.2) is 32.6 Å². The molecule has 2 aromatic heterocycles. The normalized spacial score (nSPS) is 15.6. The van der Waals surface area contributed by atoms with Crippen molar-refractivity contribution < 1.29 is 9.53 Å². The van der Waals surface area contributed by atoms with Crippen LogP contribution in [-0.2, 0) is 22.7 Å². The van der Waals surface area contributed by atoms with E-state index in [0.717, 1.165) is 47.9 Å². The van der Waals surface area contributed by atoms with E-state index in [-0.39, 0.29) is 11.8 Å². The Morgan fingerprint density at radius 3 is 2.71 bits per heavy atom. The number of ether oxygens (including phenoxy) is 1. The monoisotopic (exact) mass is 423 g/mol. The van der Waals surface area contributed by atoms with Crippen LogP contribution in [0.1, 0.15) is 58.7 Å². The highest BCUT2D eigenvalue weighted by Gasteiger charge is 2.29. The number of nitrogen functional groups attached to an aromatic ring is 1. The second-order valence-electron chi connectivity index (χ2n) is 9.17. The Labute approximate surface area is 183 Å². The van der Waals surface area contributed by atoms with Crippen molar-refractivity contribution in [3.8, 4) is 0 Å². The summed E-state index contributed by atoms with van der Waals surface area (Å²) in [7, 11) is 0. The highest BCUT2D eigenvalue weighted by Crippen LogP contribution is 2.30. The zero-order valence-corrected chi connectivity index (χ0v) is 18.8. The van der Waals surface area contributed by atoms with Gasteiger partial charge in [0.1, 0.15) is 17.9 Å². The van der Waals surface area contributed by atoms with Crippen molar-refractivity contribution in [2.45, 2.75) is 71.6 Å². The average Bonchev–Trinajstić information content (AvgIpc) is 3.11. The summed E-state index contributed by atoms with van der Waals surface area (Å²) in [5, 5.41) is 4.30. The molecule has 1 aliphatic carbocycles.